The molecule has 0 unspecified atom stereocenters. The Morgan fingerprint density at radius 3 is 2.07 bits per heavy atom. The Kier molecular flexibility index (Phi) is 5.77. The van der Waals surface area contributed by atoms with Gasteiger partial charge in [0.1, 0.15) is 0 Å². The van der Waals surface area contributed by atoms with Crippen LogP contribution < -0.4 is 0 Å². The fraction of sp³-hybridized carbons (Fsp3) is 0.375. The summed E-state index contributed by atoms with van der Waals surface area (Å²) in [6.45, 7) is -0.485. The van der Waals surface area contributed by atoms with Crippen LogP contribution in [0.1, 0.15) is 0 Å². The van der Waals surface area contributed by atoms with E-state index in [-0.39, 0.29) is 0 Å². The minimum absolute atomic E-state index is 0.485. The SMILES string of the molecule is COC(=O)/C=C\C(=O)OCC(=O)OC. The zero-order valence-electron chi connectivity index (χ0n) is 7.81. The van der Waals surface area contributed by atoms with Crippen molar-refractivity contribution in [1.29, 1.82) is 0 Å². The normalized spacial score (nSPS) is 9.57. The van der Waals surface area contributed by atoms with Gasteiger partial charge in [-0.2, -0.15) is 0 Å². The van der Waals surface area contributed by atoms with Gasteiger partial charge >= 0.3 is 17.9 Å². The molecule has 0 aromatic rings. The minimum atomic E-state index is -0.819. The number of hydrogen-bond donors (Lipinski definition) is 0. The molecule has 6 nitrogen and oxygen atoms in total. The van der Waals surface area contributed by atoms with Gasteiger partial charge in [-0.05, 0) is 0 Å². The summed E-state index contributed by atoms with van der Waals surface area (Å²) in [4.78, 5) is 31.8. The molecule has 0 spiro atoms. The van der Waals surface area contributed by atoms with Gasteiger partial charge in [-0.3, -0.25) is 0 Å². The van der Waals surface area contributed by atoms with Crippen molar-refractivity contribution in [2.24, 2.45) is 0 Å². The van der Waals surface area contributed by atoms with Gasteiger partial charge in [0, 0.05) is 12.2 Å². The van der Waals surface area contributed by atoms with E-state index in [0.29, 0.717) is 0 Å². The second kappa shape index (κ2) is 6.64. The second-order valence-electron chi connectivity index (χ2n) is 2.04. The molecular formula is C8H10O6. The highest BCUT2D eigenvalue weighted by Crippen LogP contribution is 1.85. The van der Waals surface area contributed by atoms with E-state index in [0.717, 1.165) is 12.2 Å². The maximum absolute atomic E-state index is 10.8. The lowest BCUT2D eigenvalue weighted by atomic mass is 10.5. The number of hydrogen-bond acceptors (Lipinski definition) is 6. The molecule has 0 atom stereocenters. The highest BCUT2D eigenvalue weighted by atomic mass is 16.6. The third kappa shape index (κ3) is 5.76. The number of rotatable bonds is 4. The van der Waals surface area contributed by atoms with Gasteiger partial charge in [-0.1, -0.05) is 0 Å². The molecule has 0 heterocycles. The number of carbonyl (C=O) groups is 3. The Morgan fingerprint density at radius 2 is 1.57 bits per heavy atom. The quantitative estimate of drug-likeness (QED) is 0.345. The van der Waals surface area contributed by atoms with Crippen molar-refractivity contribution in [3.63, 3.8) is 0 Å². The Bertz CT molecular complexity index is 255. The Hall–Kier alpha value is -1.85. The van der Waals surface area contributed by atoms with Crippen molar-refractivity contribution in [2.75, 3.05) is 20.8 Å². The van der Waals surface area contributed by atoms with Crippen molar-refractivity contribution >= 4 is 17.9 Å². The van der Waals surface area contributed by atoms with Gasteiger partial charge in [-0.25, -0.2) is 14.4 Å². The van der Waals surface area contributed by atoms with Crippen molar-refractivity contribution in [3.05, 3.63) is 12.2 Å². The lowest BCUT2D eigenvalue weighted by molar-refractivity contribution is -0.154. The van der Waals surface area contributed by atoms with E-state index >= 15 is 0 Å². The van der Waals surface area contributed by atoms with E-state index in [9.17, 15) is 14.4 Å². The molecule has 0 aromatic carbocycles. The second-order valence-corrected chi connectivity index (χ2v) is 2.04. The molecule has 78 valence electrons. The van der Waals surface area contributed by atoms with E-state index in [4.69, 9.17) is 0 Å². The summed E-state index contributed by atoms with van der Waals surface area (Å²) >= 11 is 0. The molecule has 0 fully saturated rings. The van der Waals surface area contributed by atoms with Gasteiger partial charge in [-0.15, -0.1) is 0 Å². The first-order chi connectivity index (χ1) is 6.60. The van der Waals surface area contributed by atoms with E-state index in [1.54, 1.807) is 0 Å². The lowest BCUT2D eigenvalue weighted by Crippen LogP contribution is -2.13. The molecule has 0 radical (unpaired) electrons. The summed E-state index contributed by atoms with van der Waals surface area (Å²) in [6, 6.07) is 0. The average molecular weight is 202 g/mol. The Balaban J connectivity index is 3.81. The number of esters is 3. The van der Waals surface area contributed by atoms with Crippen LogP contribution in [-0.2, 0) is 28.6 Å². The summed E-state index contributed by atoms with van der Waals surface area (Å²) < 4.78 is 12.8. The fourth-order valence-electron chi connectivity index (χ4n) is 0.441. The maximum atomic E-state index is 10.8. The van der Waals surface area contributed by atoms with Crippen LogP contribution in [0.3, 0.4) is 0 Å². The van der Waals surface area contributed by atoms with Gasteiger partial charge < -0.3 is 14.2 Å². The molecule has 0 saturated carbocycles. The zero-order chi connectivity index (χ0) is 11.0. The van der Waals surface area contributed by atoms with Crippen LogP contribution in [0.5, 0.6) is 0 Å². The van der Waals surface area contributed by atoms with Crippen LogP contribution in [0.25, 0.3) is 0 Å². The fourth-order valence-corrected chi connectivity index (χ4v) is 0.441. The van der Waals surface area contributed by atoms with E-state index < -0.39 is 24.5 Å². The summed E-state index contributed by atoms with van der Waals surface area (Å²) in [5.41, 5.74) is 0. The van der Waals surface area contributed by atoms with Crippen molar-refractivity contribution in [3.8, 4) is 0 Å². The topological polar surface area (TPSA) is 78.9 Å². The van der Waals surface area contributed by atoms with Crippen LogP contribution >= 0.6 is 0 Å². The molecule has 14 heavy (non-hydrogen) atoms. The third-order valence-electron chi connectivity index (χ3n) is 1.12. The molecule has 0 aliphatic carbocycles. The van der Waals surface area contributed by atoms with Crippen molar-refractivity contribution < 1.29 is 28.6 Å². The first kappa shape index (κ1) is 12.2. The van der Waals surface area contributed by atoms with Gasteiger partial charge in [0.2, 0.25) is 0 Å². The van der Waals surface area contributed by atoms with E-state index in [1.165, 1.54) is 14.2 Å². The molecule has 0 amide bonds. The van der Waals surface area contributed by atoms with Gasteiger partial charge in [0.25, 0.3) is 0 Å². The molecule has 6 heteroatoms. The monoisotopic (exact) mass is 202 g/mol. The molecule has 0 N–H and O–H groups in total. The Morgan fingerprint density at radius 1 is 1.00 bits per heavy atom. The maximum Gasteiger partial charge on any atom is 0.344 e. The Labute approximate surface area is 80.4 Å². The standard InChI is InChI=1S/C8H10O6/c1-12-6(9)3-4-7(10)14-5-8(11)13-2/h3-4H,5H2,1-2H3/b4-3-. The van der Waals surface area contributed by atoms with Crippen LogP contribution in [-0.4, -0.2) is 38.7 Å². The first-order valence-corrected chi connectivity index (χ1v) is 3.59. The lowest BCUT2D eigenvalue weighted by Gasteiger charge is -1.98. The van der Waals surface area contributed by atoms with Crippen LogP contribution in [0.4, 0.5) is 0 Å². The van der Waals surface area contributed by atoms with Crippen molar-refractivity contribution in [1.82, 2.24) is 0 Å². The number of methoxy groups -OCH3 is 2. The van der Waals surface area contributed by atoms with Gasteiger partial charge in [0.05, 0.1) is 14.2 Å². The zero-order valence-corrected chi connectivity index (χ0v) is 7.81. The molecule has 0 rings (SSSR count). The smallest absolute Gasteiger partial charge is 0.344 e. The minimum Gasteiger partial charge on any atom is -0.466 e. The van der Waals surface area contributed by atoms with Crippen molar-refractivity contribution in [2.45, 2.75) is 0 Å². The highest BCUT2D eigenvalue weighted by Gasteiger charge is 2.04. The summed E-state index contributed by atoms with van der Waals surface area (Å²) in [5, 5.41) is 0. The van der Waals surface area contributed by atoms with Crippen LogP contribution in [0, 0.1) is 0 Å². The molecule has 0 saturated heterocycles. The molecule has 0 aromatic heterocycles. The number of carbonyl (C=O) groups excluding carboxylic acids is 3. The first-order valence-electron chi connectivity index (χ1n) is 3.59. The predicted molar refractivity (Wildman–Crippen MR) is 44.1 cm³/mol. The van der Waals surface area contributed by atoms with Crippen LogP contribution in [0.2, 0.25) is 0 Å². The van der Waals surface area contributed by atoms with E-state index in [2.05, 4.69) is 14.2 Å². The highest BCUT2D eigenvalue weighted by molar-refractivity contribution is 5.92. The van der Waals surface area contributed by atoms with E-state index in [1.807, 2.05) is 0 Å². The average Bonchev–Trinajstić information content (AvgIpc) is 2.22. The van der Waals surface area contributed by atoms with Crippen LogP contribution in [0.15, 0.2) is 12.2 Å². The summed E-state index contributed by atoms with van der Waals surface area (Å²) in [6.07, 6.45) is 1.74. The molecule has 0 aliphatic heterocycles. The summed E-state index contributed by atoms with van der Waals surface area (Å²) in [5.74, 6) is -2.18. The largest absolute Gasteiger partial charge is 0.466 e. The molecule has 0 aliphatic rings. The molecular weight excluding hydrogens is 192 g/mol. The predicted octanol–water partition coefficient (Wildman–Crippen LogP) is -0.568. The summed E-state index contributed by atoms with van der Waals surface area (Å²) in [7, 11) is 2.34. The third-order valence-corrected chi connectivity index (χ3v) is 1.12. The molecule has 0 bridgehead atoms. The number of ether oxygens (including phenoxy) is 3. The van der Waals surface area contributed by atoms with Gasteiger partial charge in [0.15, 0.2) is 6.61 Å².